The fourth-order valence-corrected chi connectivity index (χ4v) is 1.19. The van der Waals surface area contributed by atoms with Crippen molar-refractivity contribution in [2.45, 2.75) is 13.2 Å². The molecule has 4 nitrogen and oxygen atoms in total. The molecule has 0 aliphatic heterocycles. The number of rotatable bonds is 4. The third kappa shape index (κ3) is 2.57. The summed E-state index contributed by atoms with van der Waals surface area (Å²) in [4.78, 5) is 0. The van der Waals surface area contributed by atoms with E-state index in [1.807, 2.05) is 24.3 Å². The lowest BCUT2D eigenvalue weighted by molar-refractivity contribution is 0.304. The summed E-state index contributed by atoms with van der Waals surface area (Å²) >= 11 is 0. The summed E-state index contributed by atoms with van der Waals surface area (Å²) < 4.78 is 10.2. The third-order valence-electron chi connectivity index (χ3n) is 2.05. The van der Waals surface area contributed by atoms with E-state index >= 15 is 0 Å². The summed E-state index contributed by atoms with van der Waals surface area (Å²) in [6.07, 6.45) is 3.20. The van der Waals surface area contributed by atoms with Crippen molar-refractivity contribution in [3.63, 3.8) is 0 Å². The molecule has 0 aliphatic rings. The summed E-state index contributed by atoms with van der Waals surface area (Å²) in [5, 5.41) is 3.59. The molecule has 0 saturated carbocycles. The molecule has 4 heteroatoms. The van der Waals surface area contributed by atoms with Crippen molar-refractivity contribution in [2.24, 2.45) is 5.73 Å². The van der Waals surface area contributed by atoms with Crippen LogP contribution in [0.5, 0.6) is 5.75 Å². The van der Waals surface area contributed by atoms with Crippen molar-refractivity contribution < 1.29 is 9.26 Å². The van der Waals surface area contributed by atoms with Crippen molar-refractivity contribution in [1.29, 1.82) is 0 Å². The zero-order valence-corrected chi connectivity index (χ0v) is 8.22. The molecule has 0 bridgehead atoms. The average molecular weight is 204 g/mol. The molecule has 0 amide bonds. The molecule has 1 aromatic heterocycles. The Hall–Kier alpha value is -1.81. The Morgan fingerprint density at radius 3 is 2.60 bits per heavy atom. The van der Waals surface area contributed by atoms with Gasteiger partial charge in [-0.05, 0) is 17.7 Å². The summed E-state index contributed by atoms with van der Waals surface area (Å²) in [7, 11) is 0. The van der Waals surface area contributed by atoms with Gasteiger partial charge in [-0.1, -0.05) is 17.3 Å². The number of nitrogens with zero attached hydrogens (tertiary/aromatic N) is 1. The zero-order chi connectivity index (χ0) is 10.5. The largest absolute Gasteiger partial charge is 0.489 e. The first-order valence-electron chi connectivity index (χ1n) is 4.68. The second-order valence-corrected chi connectivity index (χ2v) is 3.17. The minimum absolute atomic E-state index is 0.464. The Labute approximate surface area is 87.6 Å². The number of benzene rings is 1. The van der Waals surface area contributed by atoms with Crippen LogP contribution in [0, 0.1) is 0 Å². The molecule has 78 valence electrons. The van der Waals surface area contributed by atoms with Gasteiger partial charge >= 0.3 is 0 Å². The van der Waals surface area contributed by atoms with Crippen molar-refractivity contribution >= 4 is 0 Å². The monoisotopic (exact) mass is 204 g/mol. The minimum atomic E-state index is 0.464. The van der Waals surface area contributed by atoms with Gasteiger partial charge in [0, 0.05) is 12.1 Å². The highest BCUT2D eigenvalue weighted by atomic mass is 16.5. The van der Waals surface area contributed by atoms with Crippen LogP contribution in [0.25, 0.3) is 0 Å². The SMILES string of the molecule is NCc1ccc(OCc2cnoc2)cc1. The first-order valence-corrected chi connectivity index (χ1v) is 4.68. The van der Waals surface area contributed by atoms with Crippen LogP contribution in [0.4, 0.5) is 0 Å². The fourth-order valence-electron chi connectivity index (χ4n) is 1.19. The van der Waals surface area contributed by atoms with E-state index in [2.05, 4.69) is 5.16 Å². The average Bonchev–Trinajstić information content (AvgIpc) is 2.80. The van der Waals surface area contributed by atoms with Crippen LogP contribution in [0.1, 0.15) is 11.1 Å². The lowest BCUT2D eigenvalue weighted by atomic mass is 10.2. The number of nitrogens with two attached hydrogens (primary N) is 1. The summed E-state index contributed by atoms with van der Waals surface area (Å²) in [6, 6.07) is 7.69. The number of aromatic nitrogens is 1. The van der Waals surface area contributed by atoms with Gasteiger partial charge in [0.2, 0.25) is 0 Å². The number of ether oxygens (including phenoxy) is 1. The van der Waals surface area contributed by atoms with Gasteiger partial charge in [0.25, 0.3) is 0 Å². The molecule has 2 aromatic rings. The topological polar surface area (TPSA) is 61.3 Å². The smallest absolute Gasteiger partial charge is 0.130 e. The number of hydrogen-bond donors (Lipinski definition) is 1. The molecule has 0 atom stereocenters. The van der Waals surface area contributed by atoms with Gasteiger partial charge in [0.15, 0.2) is 0 Å². The van der Waals surface area contributed by atoms with E-state index in [-0.39, 0.29) is 0 Å². The second kappa shape index (κ2) is 4.61. The molecule has 0 unspecified atom stereocenters. The molecular formula is C11H12N2O2. The quantitative estimate of drug-likeness (QED) is 0.823. The van der Waals surface area contributed by atoms with E-state index in [0.717, 1.165) is 16.9 Å². The predicted molar refractivity (Wildman–Crippen MR) is 55.2 cm³/mol. The molecule has 1 aromatic carbocycles. The molecule has 0 spiro atoms. The molecule has 0 aliphatic carbocycles. The van der Waals surface area contributed by atoms with Crippen LogP contribution >= 0.6 is 0 Å². The van der Waals surface area contributed by atoms with E-state index in [0.29, 0.717) is 13.2 Å². The first-order chi connectivity index (χ1) is 7.38. The van der Waals surface area contributed by atoms with Crippen LogP contribution in [0.2, 0.25) is 0 Å². The maximum atomic E-state index is 5.51. The van der Waals surface area contributed by atoms with Crippen LogP contribution in [0.3, 0.4) is 0 Å². The van der Waals surface area contributed by atoms with Crippen LogP contribution in [0.15, 0.2) is 41.2 Å². The van der Waals surface area contributed by atoms with E-state index in [9.17, 15) is 0 Å². The highest BCUT2D eigenvalue weighted by molar-refractivity contribution is 5.27. The van der Waals surface area contributed by atoms with Gasteiger partial charge in [-0.15, -0.1) is 0 Å². The number of hydrogen-bond acceptors (Lipinski definition) is 4. The maximum Gasteiger partial charge on any atom is 0.130 e. The van der Waals surface area contributed by atoms with E-state index in [1.165, 1.54) is 0 Å². The molecule has 0 fully saturated rings. The summed E-state index contributed by atoms with van der Waals surface area (Å²) in [6.45, 7) is 1.01. The highest BCUT2D eigenvalue weighted by Gasteiger charge is 1.97. The normalized spacial score (nSPS) is 10.2. The Kier molecular flexibility index (Phi) is 2.99. The van der Waals surface area contributed by atoms with Gasteiger partial charge in [-0.3, -0.25) is 0 Å². The van der Waals surface area contributed by atoms with Gasteiger partial charge in [0.05, 0.1) is 6.20 Å². The van der Waals surface area contributed by atoms with E-state index in [4.69, 9.17) is 15.0 Å². The highest BCUT2D eigenvalue weighted by Crippen LogP contribution is 2.13. The molecule has 0 radical (unpaired) electrons. The standard InChI is InChI=1S/C11H12N2O2/c12-5-9-1-3-11(4-2-9)14-7-10-6-13-15-8-10/h1-4,6,8H,5,7,12H2. The Balaban J connectivity index is 1.93. The van der Waals surface area contributed by atoms with E-state index < -0.39 is 0 Å². The van der Waals surface area contributed by atoms with Gasteiger partial charge in [0.1, 0.15) is 18.6 Å². The molecule has 2 N–H and O–H groups in total. The van der Waals surface area contributed by atoms with E-state index in [1.54, 1.807) is 12.5 Å². The first kappa shape index (κ1) is 9.73. The van der Waals surface area contributed by atoms with Crippen LogP contribution < -0.4 is 10.5 Å². The van der Waals surface area contributed by atoms with Crippen LogP contribution in [-0.2, 0) is 13.2 Å². The molecule has 0 saturated heterocycles. The van der Waals surface area contributed by atoms with Crippen molar-refractivity contribution in [3.8, 4) is 5.75 Å². The summed E-state index contributed by atoms with van der Waals surface area (Å²) in [5.41, 5.74) is 7.49. The molecule has 2 rings (SSSR count). The summed E-state index contributed by atoms with van der Waals surface area (Å²) in [5.74, 6) is 0.813. The van der Waals surface area contributed by atoms with Crippen LogP contribution in [-0.4, -0.2) is 5.16 Å². The molecular weight excluding hydrogens is 192 g/mol. The maximum absolute atomic E-state index is 5.51. The fraction of sp³-hybridized carbons (Fsp3) is 0.182. The van der Waals surface area contributed by atoms with Gasteiger partial charge < -0.3 is 15.0 Å². The zero-order valence-electron chi connectivity index (χ0n) is 8.22. The Morgan fingerprint density at radius 1 is 1.20 bits per heavy atom. The predicted octanol–water partition coefficient (Wildman–Crippen LogP) is 1.71. The Morgan fingerprint density at radius 2 is 2.00 bits per heavy atom. The lowest BCUT2D eigenvalue weighted by Gasteiger charge is -2.04. The third-order valence-corrected chi connectivity index (χ3v) is 2.05. The lowest BCUT2D eigenvalue weighted by Crippen LogP contribution is -1.97. The second-order valence-electron chi connectivity index (χ2n) is 3.17. The van der Waals surface area contributed by atoms with Crippen molar-refractivity contribution in [2.75, 3.05) is 0 Å². The minimum Gasteiger partial charge on any atom is -0.489 e. The van der Waals surface area contributed by atoms with Gasteiger partial charge in [-0.2, -0.15) is 0 Å². The van der Waals surface area contributed by atoms with Crippen molar-refractivity contribution in [3.05, 3.63) is 47.9 Å². The Bertz CT molecular complexity index is 395. The van der Waals surface area contributed by atoms with Gasteiger partial charge in [-0.25, -0.2) is 0 Å². The molecule has 15 heavy (non-hydrogen) atoms. The molecule has 1 heterocycles. The van der Waals surface area contributed by atoms with Crippen molar-refractivity contribution in [1.82, 2.24) is 5.16 Å².